The standard InChI is InChI=1S/C66H37N3O3/c1-2-12-40(13-3-1)67-56-29-24-41(68-53-18-8-4-14-43(53)44-15-5-9-19-54(44)68)37-52(56)64-57(67)30-26-48-47-27-31-58-63(65(47)72-66(48)64)51-35-38(39-23-32-61-49(34-39)45-16-6-10-20-59(45)70-61)22-28-55(51)69(58)42-25-33-62-50(36-42)46-17-7-11-21-60(46)71-62/h1-37H. The molecular formula is C66H37N3O3. The zero-order valence-corrected chi connectivity index (χ0v) is 38.4. The Morgan fingerprint density at radius 2 is 0.625 bits per heavy atom. The summed E-state index contributed by atoms with van der Waals surface area (Å²) in [6, 6.07) is 80.6. The van der Waals surface area contributed by atoms with Crippen molar-refractivity contribution in [1.82, 2.24) is 13.7 Å². The van der Waals surface area contributed by atoms with E-state index in [1.54, 1.807) is 0 Å². The molecule has 6 aromatic heterocycles. The minimum atomic E-state index is 0.862. The second-order valence-corrected chi connectivity index (χ2v) is 19.2. The highest BCUT2D eigenvalue weighted by atomic mass is 16.3. The molecule has 0 unspecified atom stereocenters. The van der Waals surface area contributed by atoms with Gasteiger partial charge in [0.05, 0.1) is 43.9 Å². The van der Waals surface area contributed by atoms with Crippen LogP contribution in [0.3, 0.4) is 0 Å². The van der Waals surface area contributed by atoms with Crippen LogP contribution in [0.15, 0.2) is 238 Å². The Kier molecular flexibility index (Phi) is 7.38. The van der Waals surface area contributed by atoms with Crippen molar-refractivity contribution in [2.45, 2.75) is 0 Å². The second kappa shape index (κ2) is 13.9. The fraction of sp³-hybridized carbons (Fsp3) is 0. The van der Waals surface area contributed by atoms with Crippen molar-refractivity contribution in [2.75, 3.05) is 0 Å². The van der Waals surface area contributed by atoms with E-state index in [4.69, 9.17) is 13.3 Å². The molecule has 17 rings (SSSR count). The molecule has 0 bridgehead atoms. The minimum absolute atomic E-state index is 0.862. The lowest BCUT2D eigenvalue weighted by atomic mass is 10.00. The van der Waals surface area contributed by atoms with Crippen molar-refractivity contribution < 1.29 is 13.3 Å². The van der Waals surface area contributed by atoms with E-state index in [-0.39, 0.29) is 0 Å². The summed E-state index contributed by atoms with van der Waals surface area (Å²) in [7, 11) is 0. The lowest BCUT2D eigenvalue weighted by molar-refractivity contribution is 0.668. The third-order valence-corrected chi connectivity index (χ3v) is 15.4. The van der Waals surface area contributed by atoms with Crippen LogP contribution in [-0.4, -0.2) is 13.7 Å². The van der Waals surface area contributed by atoms with E-state index in [1.807, 2.05) is 24.3 Å². The van der Waals surface area contributed by atoms with E-state index in [0.717, 1.165) is 138 Å². The van der Waals surface area contributed by atoms with E-state index in [9.17, 15) is 0 Å². The number of benzene rings is 11. The van der Waals surface area contributed by atoms with Gasteiger partial charge in [0.1, 0.15) is 33.5 Å². The molecule has 334 valence electrons. The van der Waals surface area contributed by atoms with E-state index in [2.05, 4.69) is 214 Å². The van der Waals surface area contributed by atoms with Gasteiger partial charge in [-0.2, -0.15) is 0 Å². The summed E-state index contributed by atoms with van der Waals surface area (Å²) in [5.41, 5.74) is 17.4. The topological polar surface area (TPSA) is 54.2 Å². The number of furan rings is 3. The van der Waals surface area contributed by atoms with Gasteiger partial charge >= 0.3 is 0 Å². The molecule has 6 heterocycles. The molecule has 0 spiro atoms. The molecule has 0 saturated carbocycles. The number of rotatable bonds is 4. The van der Waals surface area contributed by atoms with Crippen molar-refractivity contribution >= 4 is 131 Å². The van der Waals surface area contributed by atoms with E-state index in [1.165, 1.54) is 21.8 Å². The lowest BCUT2D eigenvalue weighted by Crippen LogP contribution is -1.95. The average Bonchev–Trinajstić information content (AvgIpc) is 4.29. The van der Waals surface area contributed by atoms with Crippen LogP contribution in [0.1, 0.15) is 0 Å². The predicted octanol–water partition coefficient (Wildman–Crippen LogP) is 18.3. The van der Waals surface area contributed by atoms with E-state index < -0.39 is 0 Å². The summed E-state index contributed by atoms with van der Waals surface area (Å²) in [6.07, 6.45) is 0. The fourth-order valence-electron chi connectivity index (χ4n) is 12.3. The maximum absolute atomic E-state index is 7.56. The molecule has 0 N–H and O–H groups in total. The van der Waals surface area contributed by atoms with Gasteiger partial charge in [0.15, 0.2) is 0 Å². The highest BCUT2D eigenvalue weighted by Gasteiger charge is 2.25. The average molecular weight is 920 g/mol. The van der Waals surface area contributed by atoms with Crippen LogP contribution in [0.25, 0.3) is 159 Å². The van der Waals surface area contributed by atoms with Crippen molar-refractivity contribution in [1.29, 1.82) is 0 Å². The van der Waals surface area contributed by atoms with Crippen LogP contribution in [-0.2, 0) is 0 Å². The second-order valence-electron chi connectivity index (χ2n) is 19.2. The zero-order chi connectivity index (χ0) is 46.8. The highest BCUT2D eigenvalue weighted by molar-refractivity contribution is 6.29. The van der Waals surface area contributed by atoms with Crippen LogP contribution in [0.5, 0.6) is 0 Å². The van der Waals surface area contributed by atoms with Crippen molar-refractivity contribution in [3.8, 4) is 28.2 Å². The Balaban J connectivity index is 0.973. The largest absolute Gasteiger partial charge is 0.456 e. The molecule has 11 aromatic carbocycles. The van der Waals surface area contributed by atoms with Crippen LogP contribution in [0.4, 0.5) is 0 Å². The summed E-state index contributed by atoms with van der Waals surface area (Å²) in [5.74, 6) is 0. The summed E-state index contributed by atoms with van der Waals surface area (Å²) in [6.45, 7) is 0. The number of hydrogen-bond acceptors (Lipinski definition) is 3. The maximum atomic E-state index is 7.56. The molecule has 72 heavy (non-hydrogen) atoms. The van der Waals surface area contributed by atoms with Crippen LogP contribution >= 0.6 is 0 Å². The van der Waals surface area contributed by atoms with Crippen molar-refractivity contribution in [3.05, 3.63) is 224 Å². The molecule has 0 aliphatic rings. The summed E-state index contributed by atoms with van der Waals surface area (Å²) < 4.78 is 27.3. The Morgan fingerprint density at radius 1 is 0.222 bits per heavy atom. The number of hydrogen-bond donors (Lipinski definition) is 0. The Bertz CT molecular complexity index is 5120. The molecule has 0 saturated heterocycles. The molecular weight excluding hydrogens is 883 g/mol. The number of nitrogens with zero attached hydrogens (tertiary/aromatic N) is 3. The molecule has 0 fully saturated rings. The van der Waals surface area contributed by atoms with Gasteiger partial charge < -0.3 is 27.0 Å². The highest BCUT2D eigenvalue weighted by Crippen LogP contribution is 2.47. The predicted molar refractivity (Wildman–Crippen MR) is 297 cm³/mol. The van der Waals surface area contributed by atoms with E-state index >= 15 is 0 Å². The number of para-hydroxylation sites is 5. The number of aromatic nitrogens is 3. The lowest BCUT2D eigenvalue weighted by Gasteiger charge is -2.10. The Labute approximate surface area is 408 Å². The zero-order valence-electron chi connectivity index (χ0n) is 38.4. The monoisotopic (exact) mass is 919 g/mol. The molecule has 17 aromatic rings. The van der Waals surface area contributed by atoms with E-state index in [0.29, 0.717) is 0 Å². The molecule has 0 amide bonds. The van der Waals surface area contributed by atoms with Gasteiger partial charge in [-0.3, -0.25) is 0 Å². The van der Waals surface area contributed by atoms with Gasteiger partial charge in [-0.1, -0.05) is 103 Å². The van der Waals surface area contributed by atoms with Crippen LogP contribution in [0.2, 0.25) is 0 Å². The first-order chi connectivity index (χ1) is 35.7. The fourth-order valence-corrected chi connectivity index (χ4v) is 12.3. The first kappa shape index (κ1) is 38.1. The quantitative estimate of drug-likeness (QED) is 0.177. The van der Waals surface area contributed by atoms with Gasteiger partial charge in [0, 0.05) is 70.9 Å². The molecule has 0 atom stereocenters. The first-order valence-electron chi connectivity index (χ1n) is 24.5. The SMILES string of the molecule is c1ccc(-n2c3ccc(-n4c5ccccc5c5ccccc54)cc3c3c4oc5c(ccc6c5c5cc(-c7ccc8oc9ccccc9c8c7)ccc5n6-c5ccc6oc7ccccc7c6c5)c4ccc32)cc1. The molecule has 0 aliphatic heterocycles. The van der Waals surface area contributed by atoms with Gasteiger partial charge in [0.25, 0.3) is 0 Å². The molecule has 0 aliphatic carbocycles. The molecule has 0 radical (unpaired) electrons. The van der Waals surface area contributed by atoms with Crippen molar-refractivity contribution in [3.63, 3.8) is 0 Å². The third kappa shape index (κ3) is 5.06. The van der Waals surface area contributed by atoms with Crippen LogP contribution in [0, 0.1) is 0 Å². The molecule has 6 nitrogen and oxygen atoms in total. The summed E-state index contributed by atoms with van der Waals surface area (Å²) in [4.78, 5) is 0. The minimum Gasteiger partial charge on any atom is -0.456 e. The van der Waals surface area contributed by atoms with Crippen molar-refractivity contribution in [2.24, 2.45) is 0 Å². The first-order valence-corrected chi connectivity index (χ1v) is 24.5. The van der Waals surface area contributed by atoms with Gasteiger partial charge in [-0.15, -0.1) is 0 Å². The van der Waals surface area contributed by atoms with Crippen LogP contribution < -0.4 is 0 Å². The smallest absolute Gasteiger partial charge is 0.145 e. The van der Waals surface area contributed by atoms with Gasteiger partial charge in [-0.25, -0.2) is 0 Å². The molecule has 6 heteroatoms. The summed E-state index contributed by atoms with van der Waals surface area (Å²) in [5, 5.41) is 13.4. The maximum Gasteiger partial charge on any atom is 0.145 e. The number of fused-ring (bicyclic) bond motifs is 20. The normalized spacial score (nSPS) is 12.4. The van der Waals surface area contributed by atoms with Gasteiger partial charge in [0.2, 0.25) is 0 Å². The van der Waals surface area contributed by atoms with Gasteiger partial charge in [-0.05, 0) is 132 Å². The third-order valence-electron chi connectivity index (χ3n) is 15.4. The Morgan fingerprint density at radius 3 is 1.26 bits per heavy atom. The Hall–Kier alpha value is -9.78. The summed E-state index contributed by atoms with van der Waals surface area (Å²) >= 11 is 0.